The highest BCUT2D eigenvalue weighted by molar-refractivity contribution is 7.88. The third-order valence-electron chi connectivity index (χ3n) is 4.93. The number of rotatable bonds is 2. The molecule has 0 fully saturated rings. The first-order valence-electron chi connectivity index (χ1n) is 8.23. The maximum atomic E-state index is 12.2. The van der Waals surface area contributed by atoms with Crippen LogP contribution >= 0.6 is 11.6 Å². The van der Waals surface area contributed by atoms with Crippen LogP contribution in [0.2, 0.25) is 5.02 Å². The minimum Gasteiger partial charge on any atom is -0.410 e. The van der Waals surface area contributed by atoms with Gasteiger partial charge in [0, 0.05) is 23.7 Å². The summed E-state index contributed by atoms with van der Waals surface area (Å²) in [6, 6.07) is 9.08. The van der Waals surface area contributed by atoms with Crippen molar-refractivity contribution in [1.29, 1.82) is 0 Å². The Morgan fingerprint density at radius 2 is 1.89 bits per heavy atom. The van der Waals surface area contributed by atoms with Gasteiger partial charge in [0.1, 0.15) is 0 Å². The highest BCUT2D eigenvalue weighted by atomic mass is 35.5. The standard InChI is InChI=1S/C18H16ClN3O4S/c1-27(25,26)22-7-6-12-13(10-2-4-11(19)5-3-10)8-14-16(15(12)9-22)20-18(23)17(14)21-24/h2-5,8,24H,6-7,9H2,1H3,(H,20,21,23). The molecule has 9 heteroatoms. The predicted molar refractivity (Wildman–Crippen MR) is 103 cm³/mol. The van der Waals surface area contributed by atoms with Crippen molar-refractivity contribution in [2.24, 2.45) is 5.16 Å². The molecular formula is C18H16ClN3O4S. The van der Waals surface area contributed by atoms with Gasteiger partial charge in [0.05, 0.1) is 11.9 Å². The molecule has 0 bridgehead atoms. The lowest BCUT2D eigenvalue weighted by molar-refractivity contribution is -0.110. The third-order valence-corrected chi connectivity index (χ3v) is 6.43. The Hall–Kier alpha value is -2.42. The Morgan fingerprint density at radius 3 is 2.52 bits per heavy atom. The number of benzene rings is 2. The molecule has 1 amide bonds. The molecular weight excluding hydrogens is 390 g/mol. The Kier molecular flexibility index (Phi) is 4.21. The van der Waals surface area contributed by atoms with Crippen LogP contribution in [0.1, 0.15) is 16.7 Å². The van der Waals surface area contributed by atoms with E-state index >= 15 is 0 Å². The molecule has 0 aliphatic carbocycles. The van der Waals surface area contributed by atoms with E-state index in [-0.39, 0.29) is 12.3 Å². The molecule has 0 saturated carbocycles. The second-order valence-electron chi connectivity index (χ2n) is 6.56. The summed E-state index contributed by atoms with van der Waals surface area (Å²) in [5, 5.41) is 15.7. The first-order valence-corrected chi connectivity index (χ1v) is 10.5. The number of nitrogens with one attached hydrogen (secondary N) is 1. The number of halogens is 1. The number of sulfonamides is 1. The van der Waals surface area contributed by atoms with Crippen LogP contribution in [0.25, 0.3) is 11.1 Å². The molecule has 2 aliphatic rings. The molecule has 2 aliphatic heterocycles. The van der Waals surface area contributed by atoms with E-state index in [9.17, 15) is 18.4 Å². The number of hydrogen-bond acceptors (Lipinski definition) is 5. The minimum absolute atomic E-state index is 0.0838. The number of nitrogens with zero attached hydrogens (tertiary/aromatic N) is 2. The lowest BCUT2D eigenvalue weighted by Gasteiger charge is -2.30. The van der Waals surface area contributed by atoms with Gasteiger partial charge < -0.3 is 10.5 Å². The zero-order valence-corrected chi connectivity index (χ0v) is 15.9. The molecule has 0 unspecified atom stereocenters. The molecule has 0 saturated heterocycles. The third kappa shape index (κ3) is 2.99. The molecule has 140 valence electrons. The van der Waals surface area contributed by atoms with E-state index in [0.29, 0.717) is 29.2 Å². The van der Waals surface area contributed by atoms with Gasteiger partial charge in [-0.05, 0) is 46.9 Å². The summed E-state index contributed by atoms with van der Waals surface area (Å²) in [7, 11) is -3.38. The number of fused-ring (bicyclic) bond motifs is 3. The van der Waals surface area contributed by atoms with Crippen LogP contribution in [0.4, 0.5) is 5.69 Å². The highest BCUT2D eigenvalue weighted by Crippen LogP contribution is 2.40. The average molecular weight is 406 g/mol. The smallest absolute Gasteiger partial charge is 0.278 e. The Bertz CT molecular complexity index is 1090. The van der Waals surface area contributed by atoms with Crippen LogP contribution < -0.4 is 5.32 Å². The van der Waals surface area contributed by atoms with Crippen molar-refractivity contribution in [2.45, 2.75) is 13.0 Å². The van der Waals surface area contributed by atoms with Crippen molar-refractivity contribution >= 4 is 38.9 Å². The second kappa shape index (κ2) is 6.33. The molecule has 0 aromatic heterocycles. The molecule has 4 rings (SSSR count). The summed E-state index contributed by atoms with van der Waals surface area (Å²) in [6.45, 7) is 0.511. The Balaban J connectivity index is 1.96. The van der Waals surface area contributed by atoms with Crippen molar-refractivity contribution in [3.8, 4) is 11.1 Å². The summed E-state index contributed by atoms with van der Waals surface area (Å²) in [6.07, 6.45) is 1.68. The van der Waals surface area contributed by atoms with Gasteiger partial charge in [0.2, 0.25) is 10.0 Å². The molecule has 0 atom stereocenters. The molecule has 0 radical (unpaired) electrons. The van der Waals surface area contributed by atoms with E-state index in [1.165, 1.54) is 10.6 Å². The topological polar surface area (TPSA) is 99.1 Å². The lowest BCUT2D eigenvalue weighted by Crippen LogP contribution is -2.35. The van der Waals surface area contributed by atoms with E-state index in [1.807, 2.05) is 12.1 Å². The fraction of sp³-hybridized carbons (Fsp3) is 0.222. The molecule has 27 heavy (non-hydrogen) atoms. The zero-order chi connectivity index (χ0) is 19.3. The number of hydrogen-bond donors (Lipinski definition) is 2. The van der Waals surface area contributed by atoms with Crippen molar-refractivity contribution in [1.82, 2.24) is 4.31 Å². The number of anilines is 1. The zero-order valence-electron chi connectivity index (χ0n) is 14.4. The van der Waals surface area contributed by atoms with E-state index in [4.69, 9.17) is 11.6 Å². The van der Waals surface area contributed by atoms with Crippen LogP contribution in [0.3, 0.4) is 0 Å². The lowest BCUT2D eigenvalue weighted by atomic mass is 9.87. The van der Waals surface area contributed by atoms with Gasteiger partial charge in [0.25, 0.3) is 5.91 Å². The van der Waals surface area contributed by atoms with E-state index in [2.05, 4.69) is 10.5 Å². The first kappa shape index (κ1) is 18.0. The number of carbonyl (C=O) groups excluding carboxylic acids is 1. The van der Waals surface area contributed by atoms with Crippen LogP contribution in [-0.4, -0.2) is 42.3 Å². The minimum atomic E-state index is -3.38. The van der Waals surface area contributed by atoms with Crippen LogP contribution in [-0.2, 0) is 27.8 Å². The fourth-order valence-corrected chi connectivity index (χ4v) is 4.54. The number of carbonyl (C=O) groups is 1. The van der Waals surface area contributed by atoms with Gasteiger partial charge in [-0.25, -0.2) is 8.42 Å². The summed E-state index contributed by atoms with van der Waals surface area (Å²) >= 11 is 5.99. The summed E-state index contributed by atoms with van der Waals surface area (Å²) in [5.41, 5.74) is 4.33. The first-order chi connectivity index (χ1) is 12.8. The molecule has 2 aromatic carbocycles. The largest absolute Gasteiger partial charge is 0.410 e. The van der Waals surface area contributed by atoms with Gasteiger partial charge >= 0.3 is 0 Å². The van der Waals surface area contributed by atoms with Crippen molar-refractivity contribution in [2.75, 3.05) is 18.1 Å². The second-order valence-corrected chi connectivity index (χ2v) is 8.98. The van der Waals surface area contributed by atoms with Gasteiger partial charge in [-0.3, -0.25) is 4.79 Å². The molecule has 2 heterocycles. The van der Waals surface area contributed by atoms with Gasteiger partial charge in [0.15, 0.2) is 5.71 Å². The van der Waals surface area contributed by atoms with Crippen LogP contribution in [0.5, 0.6) is 0 Å². The molecule has 2 aromatic rings. The monoisotopic (exact) mass is 405 g/mol. The average Bonchev–Trinajstić information content (AvgIpc) is 2.96. The SMILES string of the molecule is CS(=O)(=O)N1CCc2c(-c3ccc(Cl)cc3)cc3c(c2C1)NC(=O)/C3=N\O. The fourth-order valence-electron chi connectivity index (χ4n) is 3.63. The van der Waals surface area contributed by atoms with Gasteiger partial charge in [-0.2, -0.15) is 4.31 Å². The van der Waals surface area contributed by atoms with Crippen molar-refractivity contribution in [3.05, 3.63) is 52.0 Å². The van der Waals surface area contributed by atoms with Gasteiger partial charge in [-0.15, -0.1) is 0 Å². The Labute approximate surface area is 161 Å². The van der Waals surface area contributed by atoms with E-state index in [1.54, 1.807) is 18.2 Å². The van der Waals surface area contributed by atoms with Crippen molar-refractivity contribution in [3.63, 3.8) is 0 Å². The van der Waals surface area contributed by atoms with E-state index < -0.39 is 15.9 Å². The summed E-state index contributed by atoms with van der Waals surface area (Å²) in [5.74, 6) is -0.514. The van der Waals surface area contributed by atoms with Crippen LogP contribution in [0.15, 0.2) is 35.5 Å². The number of amides is 1. The highest BCUT2D eigenvalue weighted by Gasteiger charge is 2.35. The Morgan fingerprint density at radius 1 is 1.19 bits per heavy atom. The van der Waals surface area contributed by atoms with Gasteiger partial charge in [-0.1, -0.05) is 28.9 Å². The molecule has 2 N–H and O–H groups in total. The van der Waals surface area contributed by atoms with E-state index in [0.717, 1.165) is 22.3 Å². The summed E-state index contributed by atoms with van der Waals surface area (Å²) in [4.78, 5) is 12.2. The maximum absolute atomic E-state index is 12.2. The summed E-state index contributed by atoms with van der Waals surface area (Å²) < 4.78 is 25.4. The maximum Gasteiger partial charge on any atom is 0.278 e. The number of oxime groups is 1. The van der Waals surface area contributed by atoms with Crippen LogP contribution in [0, 0.1) is 0 Å². The molecule has 7 nitrogen and oxygen atoms in total. The molecule has 0 spiro atoms. The quantitative estimate of drug-likeness (QED) is 0.592. The van der Waals surface area contributed by atoms with Crippen molar-refractivity contribution < 1.29 is 18.4 Å². The predicted octanol–water partition coefficient (Wildman–Crippen LogP) is 2.46. The normalized spacial score (nSPS) is 18.3.